The van der Waals surface area contributed by atoms with Gasteiger partial charge in [0.1, 0.15) is 17.9 Å². The number of nitriles is 1. The average molecular weight is 302 g/mol. The highest BCUT2D eigenvalue weighted by Gasteiger charge is 2.10. The van der Waals surface area contributed by atoms with Crippen molar-refractivity contribution in [3.05, 3.63) is 64.1 Å². The second kappa shape index (κ2) is 5.70. The maximum absolute atomic E-state index is 9.05. The van der Waals surface area contributed by atoms with E-state index in [9.17, 15) is 0 Å². The number of nitrogens with zero attached hydrogens (tertiary/aromatic N) is 1. The molecule has 90 valence electrons. The van der Waals surface area contributed by atoms with Gasteiger partial charge in [-0.3, -0.25) is 0 Å². The molecule has 2 nitrogen and oxygen atoms in total. The summed E-state index contributed by atoms with van der Waals surface area (Å²) < 4.78 is 6.75. The standard InChI is InChI=1S/C15H12BrNO/c1-11(12-5-3-2-4-6-12)18-15-9-14(16)8-7-13(15)10-17/h2-9,11H,1H3. The van der Waals surface area contributed by atoms with Gasteiger partial charge in [-0.25, -0.2) is 0 Å². The molecule has 0 fully saturated rings. The topological polar surface area (TPSA) is 33.0 Å². The molecule has 18 heavy (non-hydrogen) atoms. The molecule has 2 aromatic rings. The Kier molecular flexibility index (Phi) is 4.01. The van der Waals surface area contributed by atoms with Gasteiger partial charge < -0.3 is 4.74 Å². The van der Waals surface area contributed by atoms with E-state index in [0.29, 0.717) is 11.3 Å². The fraction of sp³-hybridized carbons (Fsp3) is 0.133. The summed E-state index contributed by atoms with van der Waals surface area (Å²) in [5.41, 5.74) is 1.63. The van der Waals surface area contributed by atoms with Gasteiger partial charge in [-0.15, -0.1) is 0 Å². The summed E-state index contributed by atoms with van der Waals surface area (Å²) in [6, 6.07) is 17.5. The van der Waals surface area contributed by atoms with Gasteiger partial charge in [0.25, 0.3) is 0 Å². The average Bonchev–Trinajstić information content (AvgIpc) is 2.40. The molecule has 1 unspecified atom stereocenters. The third kappa shape index (κ3) is 2.91. The minimum atomic E-state index is -0.0902. The fourth-order valence-corrected chi connectivity index (χ4v) is 2.01. The van der Waals surface area contributed by atoms with Gasteiger partial charge in [0.2, 0.25) is 0 Å². The van der Waals surface area contributed by atoms with Crippen LogP contribution in [0.25, 0.3) is 0 Å². The molecule has 3 heteroatoms. The quantitative estimate of drug-likeness (QED) is 0.838. The molecule has 2 rings (SSSR count). The van der Waals surface area contributed by atoms with Crippen LogP contribution in [0.3, 0.4) is 0 Å². The summed E-state index contributed by atoms with van der Waals surface area (Å²) in [6.45, 7) is 1.97. The summed E-state index contributed by atoms with van der Waals surface area (Å²) >= 11 is 3.38. The lowest BCUT2D eigenvalue weighted by Gasteiger charge is -2.16. The van der Waals surface area contributed by atoms with Gasteiger partial charge in [-0.2, -0.15) is 5.26 Å². The van der Waals surface area contributed by atoms with E-state index in [1.807, 2.05) is 49.4 Å². The van der Waals surface area contributed by atoms with E-state index in [4.69, 9.17) is 10.00 Å². The number of ether oxygens (including phenoxy) is 1. The molecule has 0 aliphatic rings. The summed E-state index contributed by atoms with van der Waals surface area (Å²) in [5, 5.41) is 9.05. The lowest BCUT2D eigenvalue weighted by Crippen LogP contribution is -2.04. The SMILES string of the molecule is CC(Oc1cc(Br)ccc1C#N)c1ccccc1. The maximum Gasteiger partial charge on any atom is 0.139 e. The molecule has 0 radical (unpaired) electrons. The number of hydrogen-bond acceptors (Lipinski definition) is 2. The number of halogens is 1. The third-order valence-corrected chi connectivity index (χ3v) is 3.13. The van der Waals surface area contributed by atoms with Gasteiger partial charge in [0.05, 0.1) is 5.56 Å². The van der Waals surface area contributed by atoms with Crippen molar-refractivity contribution in [3.8, 4) is 11.8 Å². The number of rotatable bonds is 3. The van der Waals surface area contributed by atoms with E-state index < -0.39 is 0 Å². The predicted molar refractivity (Wildman–Crippen MR) is 74.3 cm³/mol. The summed E-state index contributed by atoms with van der Waals surface area (Å²) in [4.78, 5) is 0. The second-order valence-electron chi connectivity index (χ2n) is 3.92. The zero-order valence-corrected chi connectivity index (χ0v) is 11.5. The van der Waals surface area contributed by atoms with E-state index >= 15 is 0 Å². The van der Waals surface area contributed by atoms with Crippen molar-refractivity contribution in [2.24, 2.45) is 0 Å². The Morgan fingerprint density at radius 1 is 1.17 bits per heavy atom. The second-order valence-corrected chi connectivity index (χ2v) is 4.84. The molecule has 0 aliphatic carbocycles. The van der Waals surface area contributed by atoms with Crippen LogP contribution in [0.1, 0.15) is 24.2 Å². The van der Waals surface area contributed by atoms with Crippen molar-refractivity contribution in [1.29, 1.82) is 5.26 Å². The van der Waals surface area contributed by atoms with Gasteiger partial charge >= 0.3 is 0 Å². The molecule has 2 aromatic carbocycles. The molecule has 0 aliphatic heterocycles. The first kappa shape index (κ1) is 12.7. The molecule has 0 spiro atoms. The van der Waals surface area contributed by atoms with Crippen LogP contribution in [-0.2, 0) is 0 Å². The first-order valence-corrected chi connectivity index (χ1v) is 6.41. The highest BCUT2D eigenvalue weighted by Crippen LogP contribution is 2.27. The Bertz CT molecular complexity index is 575. The van der Waals surface area contributed by atoms with Crippen LogP contribution in [0.5, 0.6) is 5.75 Å². The van der Waals surface area contributed by atoms with E-state index in [1.165, 1.54) is 0 Å². The highest BCUT2D eigenvalue weighted by atomic mass is 79.9. The molecular formula is C15H12BrNO. The van der Waals surface area contributed by atoms with Crippen LogP contribution in [0.4, 0.5) is 0 Å². The Balaban J connectivity index is 2.24. The largest absolute Gasteiger partial charge is 0.485 e. The third-order valence-electron chi connectivity index (χ3n) is 2.64. The van der Waals surface area contributed by atoms with Crippen LogP contribution in [0, 0.1) is 11.3 Å². The smallest absolute Gasteiger partial charge is 0.139 e. The molecule has 0 amide bonds. The van der Waals surface area contributed by atoms with E-state index in [0.717, 1.165) is 10.0 Å². The predicted octanol–water partition coefficient (Wildman–Crippen LogP) is 4.46. The molecule has 0 N–H and O–H groups in total. The van der Waals surface area contributed by atoms with Crippen LogP contribution < -0.4 is 4.74 Å². The number of hydrogen-bond donors (Lipinski definition) is 0. The monoisotopic (exact) mass is 301 g/mol. The van der Waals surface area contributed by atoms with Crippen molar-refractivity contribution in [2.45, 2.75) is 13.0 Å². The van der Waals surface area contributed by atoms with Crippen molar-refractivity contribution in [1.82, 2.24) is 0 Å². The Hall–Kier alpha value is -1.79. The zero-order valence-electron chi connectivity index (χ0n) is 9.93. The summed E-state index contributed by atoms with van der Waals surface area (Å²) in [6.07, 6.45) is -0.0902. The van der Waals surface area contributed by atoms with Gasteiger partial charge in [0, 0.05) is 4.47 Å². The fourth-order valence-electron chi connectivity index (χ4n) is 1.67. The minimum Gasteiger partial charge on any atom is -0.485 e. The van der Waals surface area contributed by atoms with Gasteiger partial charge in [0.15, 0.2) is 0 Å². The lowest BCUT2D eigenvalue weighted by molar-refractivity contribution is 0.226. The molecule has 0 saturated heterocycles. The zero-order chi connectivity index (χ0) is 13.0. The van der Waals surface area contributed by atoms with Crippen molar-refractivity contribution in [3.63, 3.8) is 0 Å². The van der Waals surface area contributed by atoms with Crippen LogP contribution in [0.15, 0.2) is 53.0 Å². The molecule has 0 saturated carbocycles. The van der Waals surface area contributed by atoms with Crippen LogP contribution in [-0.4, -0.2) is 0 Å². The van der Waals surface area contributed by atoms with Gasteiger partial charge in [-0.1, -0.05) is 46.3 Å². The van der Waals surface area contributed by atoms with E-state index in [1.54, 1.807) is 6.07 Å². The molecule has 1 atom stereocenters. The van der Waals surface area contributed by atoms with E-state index in [2.05, 4.69) is 22.0 Å². The summed E-state index contributed by atoms with van der Waals surface area (Å²) in [5.74, 6) is 0.600. The van der Waals surface area contributed by atoms with Crippen LogP contribution >= 0.6 is 15.9 Å². The minimum absolute atomic E-state index is 0.0902. The first-order valence-electron chi connectivity index (χ1n) is 5.62. The highest BCUT2D eigenvalue weighted by molar-refractivity contribution is 9.10. The lowest BCUT2D eigenvalue weighted by atomic mass is 10.1. The molecule has 0 bridgehead atoms. The Labute approximate surface area is 115 Å². The summed E-state index contributed by atoms with van der Waals surface area (Å²) in [7, 11) is 0. The van der Waals surface area contributed by atoms with Crippen LogP contribution in [0.2, 0.25) is 0 Å². The first-order chi connectivity index (χ1) is 8.70. The van der Waals surface area contributed by atoms with E-state index in [-0.39, 0.29) is 6.10 Å². The van der Waals surface area contributed by atoms with Crippen molar-refractivity contribution >= 4 is 15.9 Å². The molecule has 0 aromatic heterocycles. The Morgan fingerprint density at radius 3 is 2.56 bits per heavy atom. The van der Waals surface area contributed by atoms with Crippen molar-refractivity contribution in [2.75, 3.05) is 0 Å². The molecule has 0 heterocycles. The molecular weight excluding hydrogens is 290 g/mol. The number of benzene rings is 2. The maximum atomic E-state index is 9.05. The van der Waals surface area contributed by atoms with Crippen molar-refractivity contribution < 1.29 is 4.74 Å². The Morgan fingerprint density at radius 2 is 1.89 bits per heavy atom. The normalized spacial score (nSPS) is 11.6. The van der Waals surface area contributed by atoms with Gasteiger partial charge in [-0.05, 0) is 30.7 Å².